The molecule has 0 aliphatic heterocycles. The second kappa shape index (κ2) is 6.57. The molecule has 0 bridgehead atoms. The SMILES string of the molecule is COc1ccc(C(O)CNC(=O)C2CCCC2)cc1. The molecule has 1 aliphatic carbocycles. The van der Waals surface area contributed by atoms with Gasteiger partial charge >= 0.3 is 0 Å². The molecule has 2 rings (SSSR count). The second-order valence-electron chi connectivity index (χ2n) is 5.02. The molecule has 0 radical (unpaired) electrons. The number of aliphatic hydroxyl groups is 1. The molecule has 1 aromatic rings. The quantitative estimate of drug-likeness (QED) is 0.854. The molecule has 1 amide bonds. The molecule has 0 spiro atoms. The van der Waals surface area contributed by atoms with Crippen LogP contribution in [-0.2, 0) is 4.79 Å². The van der Waals surface area contributed by atoms with Crippen LogP contribution in [0.1, 0.15) is 37.4 Å². The molecule has 1 unspecified atom stereocenters. The number of carbonyl (C=O) groups excluding carboxylic acids is 1. The zero-order chi connectivity index (χ0) is 13.7. The zero-order valence-corrected chi connectivity index (χ0v) is 11.3. The van der Waals surface area contributed by atoms with Crippen LogP contribution < -0.4 is 10.1 Å². The lowest BCUT2D eigenvalue weighted by molar-refractivity contribution is -0.125. The smallest absolute Gasteiger partial charge is 0.223 e. The van der Waals surface area contributed by atoms with Gasteiger partial charge in [-0.1, -0.05) is 25.0 Å². The van der Waals surface area contributed by atoms with E-state index in [-0.39, 0.29) is 18.4 Å². The summed E-state index contributed by atoms with van der Waals surface area (Å²) in [6.07, 6.45) is 3.56. The van der Waals surface area contributed by atoms with E-state index in [9.17, 15) is 9.90 Å². The molecule has 1 fully saturated rings. The Kier molecular flexibility index (Phi) is 4.80. The third-order valence-corrected chi connectivity index (χ3v) is 3.70. The normalized spacial score (nSPS) is 17.2. The molecule has 2 N–H and O–H groups in total. The summed E-state index contributed by atoms with van der Waals surface area (Å²) in [7, 11) is 1.60. The van der Waals surface area contributed by atoms with Crippen LogP contribution in [0.2, 0.25) is 0 Å². The first kappa shape index (κ1) is 13.9. The number of hydrogen-bond donors (Lipinski definition) is 2. The molecular formula is C15H21NO3. The lowest BCUT2D eigenvalue weighted by Gasteiger charge is -2.15. The number of ether oxygens (including phenoxy) is 1. The summed E-state index contributed by atoms with van der Waals surface area (Å²) in [5, 5.41) is 12.9. The lowest BCUT2D eigenvalue weighted by atomic mass is 10.1. The molecule has 1 aromatic carbocycles. The maximum Gasteiger partial charge on any atom is 0.223 e. The maximum absolute atomic E-state index is 11.8. The van der Waals surface area contributed by atoms with E-state index in [1.807, 2.05) is 12.1 Å². The average molecular weight is 263 g/mol. The summed E-state index contributed by atoms with van der Waals surface area (Å²) in [4.78, 5) is 11.8. The average Bonchev–Trinajstić information content (AvgIpc) is 2.98. The van der Waals surface area contributed by atoms with E-state index in [4.69, 9.17) is 4.74 Å². The van der Waals surface area contributed by atoms with Gasteiger partial charge in [0.25, 0.3) is 0 Å². The van der Waals surface area contributed by atoms with Gasteiger partial charge in [-0.3, -0.25) is 4.79 Å². The van der Waals surface area contributed by atoms with Crippen LogP contribution in [0.3, 0.4) is 0 Å². The highest BCUT2D eigenvalue weighted by molar-refractivity contribution is 5.78. The summed E-state index contributed by atoms with van der Waals surface area (Å²) in [5.74, 6) is 0.971. The number of methoxy groups -OCH3 is 1. The number of hydrogen-bond acceptors (Lipinski definition) is 3. The minimum absolute atomic E-state index is 0.0741. The number of amides is 1. The lowest BCUT2D eigenvalue weighted by Crippen LogP contribution is -2.32. The summed E-state index contributed by atoms with van der Waals surface area (Å²) in [5.41, 5.74) is 0.785. The van der Waals surface area contributed by atoms with Gasteiger partial charge in [-0.25, -0.2) is 0 Å². The van der Waals surface area contributed by atoms with Gasteiger partial charge in [-0.05, 0) is 30.5 Å². The first-order valence-electron chi connectivity index (χ1n) is 6.80. The van der Waals surface area contributed by atoms with E-state index in [1.54, 1.807) is 19.2 Å². The van der Waals surface area contributed by atoms with Crippen molar-refractivity contribution in [2.45, 2.75) is 31.8 Å². The number of benzene rings is 1. The highest BCUT2D eigenvalue weighted by Gasteiger charge is 2.22. The Morgan fingerprint density at radius 3 is 2.58 bits per heavy atom. The van der Waals surface area contributed by atoms with Crippen LogP contribution in [0, 0.1) is 5.92 Å². The second-order valence-corrected chi connectivity index (χ2v) is 5.02. The summed E-state index contributed by atoms with van der Waals surface area (Å²) in [6, 6.07) is 7.23. The van der Waals surface area contributed by atoms with Crippen LogP contribution in [0.4, 0.5) is 0 Å². The molecule has 1 aliphatic rings. The Bertz CT molecular complexity index is 410. The third kappa shape index (κ3) is 3.70. The van der Waals surface area contributed by atoms with Crippen molar-refractivity contribution in [1.82, 2.24) is 5.32 Å². The van der Waals surface area contributed by atoms with Gasteiger partial charge in [-0.15, -0.1) is 0 Å². The van der Waals surface area contributed by atoms with Crippen LogP contribution >= 0.6 is 0 Å². The fourth-order valence-corrected chi connectivity index (χ4v) is 2.47. The number of carbonyl (C=O) groups is 1. The Balaban J connectivity index is 1.82. The fourth-order valence-electron chi connectivity index (χ4n) is 2.47. The van der Waals surface area contributed by atoms with E-state index >= 15 is 0 Å². The van der Waals surface area contributed by atoms with Crippen molar-refractivity contribution in [2.24, 2.45) is 5.92 Å². The first-order chi connectivity index (χ1) is 9.20. The summed E-state index contributed by atoms with van der Waals surface area (Å²) >= 11 is 0. The molecule has 19 heavy (non-hydrogen) atoms. The van der Waals surface area contributed by atoms with Crippen molar-refractivity contribution in [1.29, 1.82) is 0 Å². The van der Waals surface area contributed by atoms with E-state index in [0.717, 1.165) is 37.0 Å². The van der Waals surface area contributed by atoms with Gasteiger partial charge in [0.1, 0.15) is 5.75 Å². The van der Waals surface area contributed by atoms with Crippen molar-refractivity contribution < 1.29 is 14.6 Å². The van der Waals surface area contributed by atoms with Gasteiger partial charge in [0.2, 0.25) is 5.91 Å². The zero-order valence-electron chi connectivity index (χ0n) is 11.3. The minimum atomic E-state index is -0.670. The number of aliphatic hydroxyl groups excluding tert-OH is 1. The van der Waals surface area contributed by atoms with Crippen molar-refractivity contribution in [2.75, 3.05) is 13.7 Å². The minimum Gasteiger partial charge on any atom is -0.497 e. The van der Waals surface area contributed by atoms with Crippen molar-refractivity contribution >= 4 is 5.91 Å². The van der Waals surface area contributed by atoms with Crippen LogP contribution in [0.25, 0.3) is 0 Å². The van der Waals surface area contributed by atoms with Crippen molar-refractivity contribution in [3.05, 3.63) is 29.8 Å². The first-order valence-corrected chi connectivity index (χ1v) is 6.80. The molecule has 0 heterocycles. The van der Waals surface area contributed by atoms with Crippen LogP contribution in [0.5, 0.6) is 5.75 Å². The number of rotatable bonds is 5. The third-order valence-electron chi connectivity index (χ3n) is 3.70. The van der Waals surface area contributed by atoms with Gasteiger partial charge in [0, 0.05) is 12.5 Å². The molecule has 1 saturated carbocycles. The fraction of sp³-hybridized carbons (Fsp3) is 0.533. The predicted molar refractivity (Wildman–Crippen MR) is 72.9 cm³/mol. The maximum atomic E-state index is 11.8. The monoisotopic (exact) mass is 263 g/mol. The van der Waals surface area contributed by atoms with Gasteiger partial charge in [0.05, 0.1) is 13.2 Å². The topological polar surface area (TPSA) is 58.6 Å². The largest absolute Gasteiger partial charge is 0.497 e. The molecule has 4 nitrogen and oxygen atoms in total. The van der Waals surface area contributed by atoms with Gasteiger partial charge in [0.15, 0.2) is 0 Å². The summed E-state index contributed by atoms with van der Waals surface area (Å²) < 4.78 is 5.06. The van der Waals surface area contributed by atoms with E-state index in [2.05, 4.69) is 5.32 Å². The molecule has 0 saturated heterocycles. The predicted octanol–water partition coefficient (Wildman–Crippen LogP) is 2.04. The Morgan fingerprint density at radius 2 is 2.00 bits per heavy atom. The van der Waals surface area contributed by atoms with Gasteiger partial charge < -0.3 is 15.2 Å². The molecule has 0 aromatic heterocycles. The highest BCUT2D eigenvalue weighted by atomic mass is 16.5. The Morgan fingerprint density at radius 1 is 1.37 bits per heavy atom. The number of nitrogens with one attached hydrogen (secondary N) is 1. The van der Waals surface area contributed by atoms with Crippen molar-refractivity contribution in [3.8, 4) is 5.75 Å². The van der Waals surface area contributed by atoms with Crippen molar-refractivity contribution in [3.63, 3.8) is 0 Å². The molecule has 4 heteroatoms. The molecular weight excluding hydrogens is 242 g/mol. The van der Waals surface area contributed by atoms with E-state index < -0.39 is 6.10 Å². The Hall–Kier alpha value is -1.55. The van der Waals surface area contributed by atoms with E-state index in [0.29, 0.717) is 0 Å². The van der Waals surface area contributed by atoms with Crippen LogP contribution in [0.15, 0.2) is 24.3 Å². The highest BCUT2D eigenvalue weighted by Crippen LogP contribution is 2.25. The molecule has 1 atom stereocenters. The standard InChI is InChI=1S/C15H21NO3/c1-19-13-8-6-11(7-9-13)14(17)10-16-15(18)12-4-2-3-5-12/h6-9,12,14,17H,2-5,10H2,1H3,(H,16,18). The van der Waals surface area contributed by atoms with Crippen LogP contribution in [-0.4, -0.2) is 24.7 Å². The Labute approximate surface area is 113 Å². The summed E-state index contributed by atoms with van der Waals surface area (Å²) in [6.45, 7) is 0.266. The van der Waals surface area contributed by atoms with Gasteiger partial charge in [-0.2, -0.15) is 0 Å². The molecule has 104 valence electrons. The van der Waals surface area contributed by atoms with E-state index in [1.165, 1.54) is 0 Å².